The molecule has 0 amide bonds. The molecule has 2 N–H and O–H groups in total. The van der Waals surface area contributed by atoms with Gasteiger partial charge in [-0.1, -0.05) is 37.6 Å². The Kier molecular flexibility index (Phi) is 7.92. The highest BCUT2D eigenvalue weighted by atomic mass is 35.5. The van der Waals surface area contributed by atoms with Crippen LogP contribution in [0, 0.1) is 25.7 Å². The van der Waals surface area contributed by atoms with Crippen LogP contribution in [-0.4, -0.2) is 38.8 Å². The predicted molar refractivity (Wildman–Crippen MR) is 177 cm³/mol. The van der Waals surface area contributed by atoms with E-state index in [1.165, 1.54) is 6.42 Å². The third-order valence-corrected chi connectivity index (χ3v) is 9.27. The highest BCUT2D eigenvalue weighted by molar-refractivity contribution is 7.80. The summed E-state index contributed by atoms with van der Waals surface area (Å²) in [6, 6.07) is 20.9. The molecule has 0 aliphatic carbocycles. The van der Waals surface area contributed by atoms with Gasteiger partial charge in [-0.25, -0.2) is 4.79 Å². The Morgan fingerprint density at radius 2 is 1.77 bits per heavy atom. The Morgan fingerprint density at radius 1 is 1.00 bits per heavy atom. The van der Waals surface area contributed by atoms with E-state index in [0.717, 1.165) is 52.8 Å². The number of carboxylic acids is 1. The first-order valence-electron chi connectivity index (χ1n) is 14.7. The summed E-state index contributed by atoms with van der Waals surface area (Å²) in [6.07, 6.45) is 3.03. The lowest BCUT2D eigenvalue weighted by Crippen LogP contribution is -2.38. The Hall–Kier alpha value is -3.88. The number of nitrogens with one attached hydrogen (secondary N) is 1. The number of benzene rings is 2. The molecule has 4 aromatic rings. The number of hydrogen-bond acceptors (Lipinski definition) is 4. The molecule has 7 nitrogen and oxygen atoms in total. The molecule has 4 atom stereocenters. The molecule has 43 heavy (non-hydrogen) atoms. The Labute approximate surface area is 263 Å². The topological polar surface area (TPSA) is 73.6 Å². The number of carbonyl (C=O) groups is 1. The average molecular weight is 614 g/mol. The van der Waals surface area contributed by atoms with Crippen LogP contribution < -0.4 is 15.1 Å². The van der Waals surface area contributed by atoms with E-state index in [1.54, 1.807) is 24.4 Å². The fourth-order valence-electron chi connectivity index (χ4n) is 6.97. The van der Waals surface area contributed by atoms with Crippen molar-refractivity contribution < 1.29 is 9.90 Å². The van der Waals surface area contributed by atoms with Gasteiger partial charge in [-0.3, -0.25) is 4.98 Å². The number of hydrogen-bond donors (Lipinski definition) is 2. The number of anilines is 2. The van der Waals surface area contributed by atoms with Crippen molar-refractivity contribution in [1.29, 1.82) is 0 Å². The molecule has 2 fully saturated rings. The van der Waals surface area contributed by atoms with Gasteiger partial charge in [0.15, 0.2) is 5.11 Å². The minimum atomic E-state index is -0.954. The molecule has 222 valence electrons. The number of thiocarbonyl (C=S) groups is 1. The largest absolute Gasteiger partial charge is 0.478 e. The van der Waals surface area contributed by atoms with Gasteiger partial charge < -0.3 is 24.8 Å². The molecule has 0 radical (unpaired) electrons. The molecule has 2 aromatic carbocycles. The number of nitrogens with zero attached hydrogens (tertiary/aromatic N) is 4. The summed E-state index contributed by atoms with van der Waals surface area (Å²) in [6.45, 7) is 10.7. The standard InChI is InChI=1S/C34H36ClN5O2S/c1-20-14-21(2)19-38(18-20)30-12-11-26(17-28(30)35)40-32(31(37-34(40)43)29-10-5-6-13-36-29)27-15-22(3)39(23(27)4)25-9-7-8-24(16-25)33(41)42/h5-13,15-17,20-21,31-32H,14,18-19H2,1-4H3,(H,37,43)(H,41,42)/t20-,21-,31-,32+/m0/s1. The van der Waals surface area contributed by atoms with Gasteiger partial charge >= 0.3 is 5.97 Å². The fourth-order valence-corrected chi connectivity index (χ4v) is 7.61. The van der Waals surface area contributed by atoms with E-state index in [1.807, 2.05) is 37.3 Å². The second-order valence-corrected chi connectivity index (χ2v) is 12.8. The van der Waals surface area contributed by atoms with Gasteiger partial charge in [0.25, 0.3) is 0 Å². The number of aryl methyl sites for hydroxylation is 1. The normalized spacial score (nSPS) is 22.1. The molecule has 0 spiro atoms. The molecule has 0 unspecified atom stereocenters. The first-order valence-corrected chi connectivity index (χ1v) is 15.5. The minimum absolute atomic E-state index is 0.213. The molecular weight excluding hydrogens is 578 g/mol. The molecule has 2 aliphatic heterocycles. The summed E-state index contributed by atoms with van der Waals surface area (Å²) in [5.41, 5.74) is 6.95. The second kappa shape index (κ2) is 11.7. The van der Waals surface area contributed by atoms with Gasteiger partial charge in [0, 0.05) is 42.0 Å². The van der Waals surface area contributed by atoms with E-state index < -0.39 is 5.97 Å². The summed E-state index contributed by atoms with van der Waals surface area (Å²) in [4.78, 5) is 21.0. The van der Waals surface area contributed by atoms with E-state index in [4.69, 9.17) is 28.8 Å². The average Bonchev–Trinajstić information content (AvgIpc) is 3.47. The second-order valence-electron chi connectivity index (χ2n) is 12.0. The number of halogens is 1. The molecule has 0 bridgehead atoms. The van der Waals surface area contributed by atoms with Crippen molar-refractivity contribution in [2.45, 2.75) is 46.2 Å². The van der Waals surface area contributed by atoms with Crippen molar-refractivity contribution >= 4 is 46.3 Å². The van der Waals surface area contributed by atoms with Gasteiger partial charge in [-0.15, -0.1) is 0 Å². The van der Waals surface area contributed by atoms with E-state index in [-0.39, 0.29) is 17.6 Å². The molecule has 2 aromatic heterocycles. The summed E-state index contributed by atoms with van der Waals surface area (Å²) >= 11 is 13.0. The summed E-state index contributed by atoms with van der Waals surface area (Å²) in [7, 11) is 0. The lowest BCUT2D eigenvalue weighted by Gasteiger charge is -2.37. The number of rotatable bonds is 6. The predicted octanol–water partition coefficient (Wildman–Crippen LogP) is 7.50. The maximum absolute atomic E-state index is 11.7. The van der Waals surface area contributed by atoms with Crippen molar-refractivity contribution in [3.63, 3.8) is 0 Å². The number of piperidine rings is 1. The van der Waals surface area contributed by atoms with Crippen LogP contribution in [0.2, 0.25) is 5.02 Å². The van der Waals surface area contributed by atoms with E-state index in [9.17, 15) is 9.90 Å². The van der Waals surface area contributed by atoms with Gasteiger partial charge in [-0.2, -0.15) is 0 Å². The monoisotopic (exact) mass is 613 g/mol. The van der Waals surface area contributed by atoms with Crippen molar-refractivity contribution in [2.75, 3.05) is 22.9 Å². The van der Waals surface area contributed by atoms with E-state index in [2.05, 4.69) is 58.7 Å². The zero-order chi connectivity index (χ0) is 30.4. The molecule has 6 rings (SSSR count). The van der Waals surface area contributed by atoms with Crippen molar-refractivity contribution in [1.82, 2.24) is 14.9 Å². The minimum Gasteiger partial charge on any atom is -0.478 e. The van der Waals surface area contributed by atoms with Crippen LogP contribution in [0.1, 0.15) is 65.4 Å². The molecule has 0 saturated carbocycles. The third kappa shape index (κ3) is 5.50. The quantitative estimate of drug-likeness (QED) is 0.218. The Morgan fingerprint density at radius 3 is 2.44 bits per heavy atom. The zero-order valence-corrected chi connectivity index (χ0v) is 26.4. The van der Waals surface area contributed by atoms with Crippen molar-refractivity contribution in [2.24, 2.45) is 11.8 Å². The van der Waals surface area contributed by atoms with Crippen LogP contribution in [0.3, 0.4) is 0 Å². The van der Waals surface area contributed by atoms with Crippen LogP contribution in [0.5, 0.6) is 0 Å². The maximum Gasteiger partial charge on any atom is 0.335 e. The maximum atomic E-state index is 11.7. The molecule has 9 heteroatoms. The Balaban J connectivity index is 1.44. The molecule has 2 saturated heterocycles. The molecule has 2 aliphatic rings. The van der Waals surface area contributed by atoms with Crippen LogP contribution in [0.25, 0.3) is 5.69 Å². The lowest BCUT2D eigenvalue weighted by molar-refractivity contribution is 0.0697. The van der Waals surface area contributed by atoms with E-state index >= 15 is 0 Å². The number of aromatic carboxylic acids is 1. The Bertz CT molecular complexity index is 1680. The molecule has 4 heterocycles. The van der Waals surface area contributed by atoms with Gasteiger partial charge in [0.2, 0.25) is 0 Å². The lowest BCUT2D eigenvalue weighted by atomic mass is 9.91. The first-order chi connectivity index (χ1) is 20.6. The number of pyridine rings is 1. The SMILES string of the molecule is Cc1cc([C@@H]2[C@H](c3ccccn3)NC(=S)N2c2ccc(N3C[C@@H](C)C[C@H](C)C3)c(Cl)c2)c(C)n1-c1cccc(C(=O)O)c1. The number of carboxylic acid groups (broad SMARTS) is 1. The highest BCUT2D eigenvalue weighted by Gasteiger charge is 2.42. The number of aromatic nitrogens is 2. The first kappa shape index (κ1) is 29.2. The van der Waals surface area contributed by atoms with Gasteiger partial charge in [0.1, 0.15) is 0 Å². The molecular formula is C34H36ClN5O2S. The smallest absolute Gasteiger partial charge is 0.335 e. The van der Waals surface area contributed by atoms with Crippen LogP contribution >= 0.6 is 23.8 Å². The van der Waals surface area contributed by atoms with Crippen molar-refractivity contribution in [3.05, 3.63) is 106 Å². The zero-order valence-electron chi connectivity index (χ0n) is 24.8. The fraction of sp³-hybridized carbons (Fsp3) is 0.324. The van der Waals surface area contributed by atoms with Gasteiger partial charge in [-0.05, 0) is 104 Å². The third-order valence-electron chi connectivity index (χ3n) is 8.66. The highest BCUT2D eigenvalue weighted by Crippen LogP contribution is 2.45. The summed E-state index contributed by atoms with van der Waals surface area (Å²) in [5.74, 6) is 0.277. The van der Waals surface area contributed by atoms with Crippen molar-refractivity contribution in [3.8, 4) is 5.69 Å². The van der Waals surface area contributed by atoms with Gasteiger partial charge in [0.05, 0.1) is 34.1 Å². The summed E-state index contributed by atoms with van der Waals surface area (Å²) < 4.78 is 2.10. The van der Waals surface area contributed by atoms with E-state index in [0.29, 0.717) is 22.0 Å². The van der Waals surface area contributed by atoms with Crippen LogP contribution in [0.15, 0.2) is 72.9 Å². The van der Waals surface area contributed by atoms with Crippen LogP contribution in [-0.2, 0) is 0 Å². The van der Waals surface area contributed by atoms with Crippen LogP contribution in [0.4, 0.5) is 11.4 Å². The summed E-state index contributed by atoms with van der Waals surface area (Å²) in [5, 5.41) is 14.5.